The fraction of sp³-hybridized carbons (Fsp3) is 0.0625. The van der Waals surface area contributed by atoms with Crippen LogP contribution in [0.15, 0.2) is 60.8 Å². The van der Waals surface area contributed by atoms with Crippen LogP contribution in [0.5, 0.6) is 0 Å². The first-order valence-electron chi connectivity index (χ1n) is 6.29. The van der Waals surface area contributed by atoms with Gasteiger partial charge in [-0.25, -0.2) is 4.98 Å². The molecule has 0 bridgehead atoms. The van der Waals surface area contributed by atoms with Gasteiger partial charge in [-0.2, -0.15) is 0 Å². The Morgan fingerprint density at radius 2 is 1.74 bits per heavy atom. The molecule has 2 nitrogen and oxygen atoms in total. The molecule has 0 radical (unpaired) electrons. The molecule has 0 fully saturated rings. The summed E-state index contributed by atoms with van der Waals surface area (Å²) >= 11 is 1.77. The van der Waals surface area contributed by atoms with Gasteiger partial charge in [0.25, 0.3) is 0 Å². The number of rotatable bonds is 2. The van der Waals surface area contributed by atoms with E-state index < -0.39 is 0 Å². The maximum absolute atomic E-state index is 4.66. The smallest absolute Gasteiger partial charge is 0.194 e. The van der Waals surface area contributed by atoms with Crippen LogP contribution in [0.3, 0.4) is 0 Å². The number of nitrogens with zero attached hydrogens (tertiary/aromatic N) is 2. The molecule has 19 heavy (non-hydrogen) atoms. The molecule has 0 aliphatic rings. The molecule has 3 heteroatoms. The van der Waals surface area contributed by atoms with Gasteiger partial charge in [-0.05, 0) is 17.7 Å². The summed E-state index contributed by atoms with van der Waals surface area (Å²) in [5.74, 6) is 0. The van der Waals surface area contributed by atoms with Crippen molar-refractivity contribution < 1.29 is 0 Å². The molecular formula is C16H12N2S. The van der Waals surface area contributed by atoms with E-state index in [0.29, 0.717) is 0 Å². The second-order valence-corrected chi connectivity index (χ2v) is 5.71. The van der Waals surface area contributed by atoms with Crippen LogP contribution in [-0.2, 0) is 6.42 Å². The SMILES string of the molecule is c1ccc(Cc2cn3c(nc4ccccc43)s2)cc1. The van der Waals surface area contributed by atoms with Gasteiger partial charge in [0, 0.05) is 17.5 Å². The van der Waals surface area contributed by atoms with Crippen molar-refractivity contribution in [2.45, 2.75) is 6.42 Å². The van der Waals surface area contributed by atoms with E-state index >= 15 is 0 Å². The standard InChI is InChI=1S/C16H12N2S/c1-2-6-12(7-3-1)10-13-11-18-15-9-5-4-8-14(15)17-16(18)19-13/h1-9,11H,10H2. The number of fused-ring (bicyclic) bond motifs is 3. The molecule has 2 aromatic carbocycles. The van der Waals surface area contributed by atoms with Crippen LogP contribution in [0.1, 0.15) is 10.4 Å². The molecule has 0 unspecified atom stereocenters. The van der Waals surface area contributed by atoms with Crippen molar-refractivity contribution in [3.05, 3.63) is 71.2 Å². The number of hydrogen-bond acceptors (Lipinski definition) is 2. The number of thiazole rings is 1. The fourth-order valence-electron chi connectivity index (χ4n) is 2.39. The van der Waals surface area contributed by atoms with Gasteiger partial charge in [0.1, 0.15) is 0 Å². The summed E-state index contributed by atoms with van der Waals surface area (Å²) in [5, 5.41) is 0. The first kappa shape index (κ1) is 10.8. The highest BCUT2D eigenvalue weighted by Gasteiger charge is 2.08. The summed E-state index contributed by atoms with van der Waals surface area (Å²) in [6.45, 7) is 0. The molecule has 92 valence electrons. The Bertz CT molecular complexity index is 843. The van der Waals surface area contributed by atoms with Gasteiger partial charge in [-0.3, -0.25) is 4.40 Å². The topological polar surface area (TPSA) is 17.3 Å². The van der Waals surface area contributed by atoms with Gasteiger partial charge in [0.2, 0.25) is 0 Å². The van der Waals surface area contributed by atoms with Gasteiger partial charge in [-0.1, -0.05) is 42.5 Å². The van der Waals surface area contributed by atoms with E-state index in [1.54, 1.807) is 11.3 Å². The van der Waals surface area contributed by atoms with E-state index in [-0.39, 0.29) is 0 Å². The largest absolute Gasteiger partial charge is 0.290 e. The minimum atomic E-state index is 0.975. The predicted octanol–water partition coefficient (Wildman–Crippen LogP) is 4.14. The third-order valence-corrected chi connectivity index (χ3v) is 4.26. The number of hydrogen-bond donors (Lipinski definition) is 0. The second kappa shape index (κ2) is 4.21. The van der Waals surface area contributed by atoms with Crippen molar-refractivity contribution in [3.63, 3.8) is 0 Å². The first-order valence-corrected chi connectivity index (χ1v) is 7.11. The third kappa shape index (κ3) is 1.83. The van der Waals surface area contributed by atoms with Gasteiger partial charge < -0.3 is 0 Å². The van der Waals surface area contributed by atoms with Crippen LogP contribution < -0.4 is 0 Å². The molecule has 0 amide bonds. The van der Waals surface area contributed by atoms with Crippen molar-refractivity contribution in [3.8, 4) is 0 Å². The van der Waals surface area contributed by atoms with E-state index in [1.165, 1.54) is 16.0 Å². The lowest BCUT2D eigenvalue weighted by Crippen LogP contribution is -1.83. The van der Waals surface area contributed by atoms with Gasteiger partial charge in [-0.15, -0.1) is 11.3 Å². The second-order valence-electron chi connectivity index (χ2n) is 4.61. The minimum Gasteiger partial charge on any atom is -0.290 e. The molecule has 0 aliphatic heterocycles. The highest BCUT2D eigenvalue weighted by Crippen LogP contribution is 2.25. The molecule has 0 spiro atoms. The van der Waals surface area contributed by atoms with Crippen molar-refractivity contribution >= 4 is 27.3 Å². The first-order chi connectivity index (χ1) is 9.40. The molecule has 0 atom stereocenters. The van der Waals surface area contributed by atoms with Gasteiger partial charge in [0.05, 0.1) is 11.0 Å². The van der Waals surface area contributed by atoms with Crippen LogP contribution in [-0.4, -0.2) is 9.38 Å². The van der Waals surface area contributed by atoms with Crippen LogP contribution in [0, 0.1) is 0 Å². The Labute approximate surface area is 115 Å². The quantitative estimate of drug-likeness (QED) is 0.532. The third-order valence-electron chi connectivity index (χ3n) is 3.28. The molecule has 4 rings (SSSR count). The maximum atomic E-state index is 4.66. The minimum absolute atomic E-state index is 0.975. The summed E-state index contributed by atoms with van der Waals surface area (Å²) in [4.78, 5) is 7.08. The Hall–Kier alpha value is -2.13. The average Bonchev–Trinajstić information content (AvgIpc) is 2.97. The van der Waals surface area contributed by atoms with Crippen LogP contribution >= 0.6 is 11.3 Å². The van der Waals surface area contributed by atoms with Crippen molar-refractivity contribution in [2.75, 3.05) is 0 Å². The van der Waals surface area contributed by atoms with E-state index in [0.717, 1.165) is 16.9 Å². The summed E-state index contributed by atoms with van der Waals surface area (Å²) in [7, 11) is 0. The number of aromatic nitrogens is 2. The van der Waals surface area contributed by atoms with Crippen molar-refractivity contribution in [1.29, 1.82) is 0 Å². The van der Waals surface area contributed by atoms with Crippen LogP contribution in [0.2, 0.25) is 0 Å². The van der Waals surface area contributed by atoms with Gasteiger partial charge >= 0.3 is 0 Å². The van der Waals surface area contributed by atoms with E-state index in [2.05, 4.69) is 64.1 Å². The summed E-state index contributed by atoms with van der Waals surface area (Å²) in [5.41, 5.74) is 3.60. The fourth-order valence-corrected chi connectivity index (χ4v) is 3.41. The molecule has 0 saturated heterocycles. The summed E-state index contributed by atoms with van der Waals surface area (Å²) in [6.07, 6.45) is 3.19. The number of para-hydroxylation sites is 2. The van der Waals surface area contributed by atoms with Crippen molar-refractivity contribution in [2.24, 2.45) is 0 Å². The molecule has 0 saturated carbocycles. The van der Waals surface area contributed by atoms with E-state index in [1.807, 2.05) is 6.07 Å². The molecule has 0 aliphatic carbocycles. The molecular weight excluding hydrogens is 252 g/mol. The Kier molecular flexibility index (Phi) is 2.38. The lowest BCUT2D eigenvalue weighted by atomic mass is 10.1. The van der Waals surface area contributed by atoms with Gasteiger partial charge in [0.15, 0.2) is 4.96 Å². The zero-order chi connectivity index (χ0) is 12.7. The number of benzene rings is 2. The molecule has 2 heterocycles. The lowest BCUT2D eigenvalue weighted by molar-refractivity contribution is 1.19. The Morgan fingerprint density at radius 3 is 2.63 bits per heavy atom. The maximum Gasteiger partial charge on any atom is 0.194 e. The molecule has 0 N–H and O–H groups in total. The summed E-state index contributed by atoms with van der Waals surface area (Å²) < 4.78 is 2.19. The lowest BCUT2D eigenvalue weighted by Gasteiger charge is -1.96. The highest BCUT2D eigenvalue weighted by atomic mass is 32.1. The van der Waals surface area contributed by atoms with Crippen LogP contribution in [0.25, 0.3) is 16.0 Å². The normalized spacial score (nSPS) is 11.4. The monoisotopic (exact) mass is 264 g/mol. The average molecular weight is 264 g/mol. The Balaban J connectivity index is 1.80. The molecule has 4 aromatic rings. The van der Waals surface area contributed by atoms with E-state index in [9.17, 15) is 0 Å². The van der Waals surface area contributed by atoms with Crippen molar-refractivity contribution in [1.82, 2.24) is 9.38 Å². The zero-order valence-electron chi connectivity index (χ0n) is 10.3. The van der Waals surface area contributed by atoms with E-state index in [4.69, 9.17) is 0 Å². The Morgan fingerprint density at radius 1 is 0.947 bits per heavy atom. The number of imidazole rings is 1. The predicted molar refractivity (Wildman–Crippen MR) is 79.8 cm³/mol. The van der Waals surface area contributed by atoms with Crippen LogP contribution in [0.4, 0.5) is 0 Å². The summed E-state index contributed by atoms with van der Waals surface area (Å²) in [6, 6.07) is 18.8. The zero-order valence-corrected chi connectivity index (χ0v) is 11.1. The highest BCUT2D eigenvalue weighted by molar-refractivity contribution is 7.17. The molecule has 2 aromatic heterocycles.